The Hall–Kier alpha value is -2.07. The molecular formula is C18H18N2OS. The average molecular weight is 310 g/mol. The first-order valence-electron chi connectivity index (χ1n) is 7.72. The molecule has 0 saturated heterocycles. The summed E-state index contributed by atoms with van der Waals surface area (Å²) in [5, 5.41) is 6.52. The molecule has 0 saturated carbocycles. The molecule has 2 N–H and O–H groups in total. The number of aryl methyl sites for hydroxylation is 1. The molecule has 4 rings (SSSR count). The van der Waals surface area contributed by atoms with Crippen molar-refractivity contribution < 1.29 is 4.79 Å². The van der Waals surface area contributed by atoms with Gasteiger partial charge in [-0.3, -0.25) is 4.79 Å². The van der Waals surface area contributed by atoms with Crippen molar-refractivity contribution in [2.45, 2.75) is 31.7 Å². The Kier molecular flexibility index (Phi) is 3.47. The summed E-state index contributed by atoms with van der Waals surface area (Å²) in [6.07, 6.45) is 3.70. The number of H-pyrrole nitrogens is 1. The Bertz CT molecular complexity index is 804. The molecule has 0 bridgehead atoms. The quantitative estimate of drug-likeness (QED) is 0.755. The van der Waals surface area contributed by atoms with E-state index in [0.717, 1.165) is 24.1 Å². The molecule has 2 aromatic heterocycles. The number of carbonyl (C=O) groups excluding carboxylic acids is 1. The van der Waals surface area contributed by atoms with Gasteiger partial charge in [0.05, 0.1) is 12.5 Å². The molecule has 1 aromatic carbocycles. The lowest BCUT2D eigenvalue weighted by Gasteiger charge is -2.23. The van der Waals surface area contributed by atoms with E-state index in [-0.39, 0.29) is 11.9 Å². The molecule has 2 heterocycles. The van der Waals surface area contributed by atoms with Gasteiger partial charge in [-0.25, -0.2) is 0 Å². The second-order valence-electron chi connectivity index (χ2n) is 5.83. The lowest BCUT2D eigenvalue weighted by atomic mass is 9.91. The topological polar surface area (TPSA) is 44.9 Å². The van der Waals surface area contributed by atoms with Gasteiger partial charge < -0.3 is 10.3 Å². The van der Waals surface area contributed by atoms with E-state index in [1.165, 1.54) is 22.2 Å². The Morgan fingerprint density at radius 1 is 1.27 bits per heavy atom. The monoisotopic (exact) mass is 310 g/mol. The molecule has 3 nitrogen and oxygen atoms in total. The Morgan fingerprint density at radius 2 is 2.18 bits per heavy atom. The van der Waals surface area contributed by atoms with Crippen molar-refractivity contribution in [3.8, 4) is 0 Å². The third-order valence-corrected chi connectivity index (χ3v) is 5.24. The van der Waals surface area contributed by atoms with Gasteiger partial charge in [-0.05, 0) is 42.3 Å². The van der Waals surface area contributed by atoms with Gasteiger partial charge in [0, 0.05) is 21.5 Å². The fourth-order valence-electron chi connectivity index (χ4n) is 3.38. The van der Waals surface area contributed by atoms with Gasteiger partial charge in [-0.1, -0.05) is 24.3 Å². The third kappa shape index (κ3) is 2.44. The van der Waals surface area contributed by atoms with Gasteiger partial charge in [0.15, 0.2) is 0 Å². The maximum absolute atomic E-state index is 12.3. The minimum atomic E-state index is 0.110. The van der Waals surface area contributed by atoms with E-state index in [1.54, 1.807) is 11.3 Å². The number of hydrogen-bond donors (Lipinski definition) is 2. The van der Waals surface area contributed by atoms with Crippen LogP contribution in [0.4, 0.5) is 0 Å². The molecule has 0 unspecified atom stereocenters. The molecule has 22 heavy (non-hydrogen) atoms. The summed E-state index contributed by atoms with van der Waals surface area (Å²) in [6, 6.07) is 12.5. The number of amides is 1. The number of thiophene rings is 1. The predicted molar refractivity (Wildman–Crippen MR) is 90.1 cm³/mol. The first-order chi connectivity index (χ1) is 10.8. The summed E-state index contributed by atoms with van der Waals surface area (Å²) in [4.78, 5) is 16.9. The molecule has 1 atom stereocenters. The fourth-order valence-corrected chi connectivity index (χ4v) is 4.08. The van der Waals surface area contributed by atoms with Crippen LogP contribution in [0, 0.1) is 0 Å². The van der Waals surface area contributed by atoms with Crippen molar-refractivity contribution in [2.24, 2.45) is 0 Å². The zero-order valence-electron chi connectivity index (χ0n) is 12.3. The van der Waals surface area contributed by atoms with Gasteiger partial charge >= 0.3 is 0 Å². The van der Waals surface area contributed by atoms with Gasteiger partial charge in [-0.15, -0.1) is 11.3 Å². The summed E-state index contributed by atoms with van der Waals surface area (Å²) in [7, 11) is 0. The van der Waals surface area contributed by atoms with Crippen LogP contribution in [-0.2, 0) is 17.6 Å². The molecule has 0 aliphatic heterocycles. The van der Waals surface area contributed by atoms with Crippen LogP contribution in [-0.4, -0.2) is 10.9 Å². The van der Waals surface area contributed by atoms with Crippen LogP contribution < -0.4 is 5.32 Å². The third-order valence-electron chi connectivity index (χ3n) is 4.36. The largest absolute Gasteiger partial charge is 0.356 e. The van der Waals surface area contributed by atoms with E-state index in [0.29, 0.717) is 6.42 Å². The van der Waals surface area contributed by atoms with E-state index < -0.39 is 0 Å². The summed E-state index contributed by atoms with van der Waals surface area (Å²) >= 11 is 1.63. The smallest absolute Gasteiger partial charge is 0.225 e. The number of aromatic nitrogens is 1. The van der Waals surface area contributed by atoms with E-state index in [9.17, 15) is 4.79 Å². The van der Waals surface area contributed by atoms with Crippen molar-refractivity contribution in [3.05, 3.63) is 57.9 Å². The van der Waals surface area contributed by atoms with Gasteiger partial charge in [0.1, 0.15) is 0 Å². The number of rotatable bonds is 3. The first kappa shape index (κ1) is 13.6. The lowest BCUT2D eigenvalue weighted by molar-refractivity contribution is -0.121. The van der Waals surface area contributed by atoms with Crippen LogP contribution in [0.1, 0.15) is 35.0 Å². The first-order valence-corrected chi connectivity index (χ1v) is 8.60. The highest BCUT2D eigenvalue weighted by molar-refractivity contribution is 7.10. The van der Waals surface area contributed by atoms with E-state index in [1.807, 2.05) is 17.5 Å². The fraction of sp³-hybridized carbons (Fsp3) is 0.278. The average Bonchev–Trinajstić information content (AvgIpc) is 3.15. The molecule has 1 amide bonds. The molecule has 112 valence electrons. The van der Waals surface area contributed by atoms with Crippen molar-refractivity contribution in [3.63, 3.8) is 0 Å². The molecule has 1 aliphatic rings. The Labute approximate surface area is 133 Å². The summed E-state index contributed by atoms with van der Waals surface area (Å²) in [5.41, 5.74) is 3.75. The highest BCUT2D eigenvalue weighted by atomic mass is 32.1. The van der Waals surface area contributed by atoms with E-state index >= 15 is 0 Å². The van der Waals surface area contributed by atoms with Gasteiger partial charge in [0.25, 0.3) is 0 Å². The number of carbonyl (C=O) groups is 1. The van der Waals surface area contributed by atoms with E-state index in [4.69, 9.17) is 0 Å². The zero-order valence-corrected chi connectivity index (χ0v) is 13.1. The van der Waals surface area contributed by atoms with Crippen LogP contribution in [0.5, 0.6) is 0 Å². The molecule has 0 spiro atoms. The van der Waals surface area contributed by atoms with Crippen LogP contribution in [0.3, 0.4) is 0 Å². The zero-order chi connectivity index (χ0) is 14.9. The minimum Gasteiger partial charge on any atom is -0.356 e. The number of benzene rings is 1. The van der Waals surface area contributed by atoms with Crippen LogP contribution in [0.25, 0.3) is 10.9 Å². The summed E-state index contributed by atoms with van der Waals surface area (Å²) in [5.74, 6) is 0.110. The summed E-state index contributed by atoms with van der Waals surface area (Å²) in [6.45, 7) is 0. The molecule has 1 aliphatic carbocycles. The Morgan fingerprint density at radius 3 is 3.05 bits per heavy atom. The minimum absolute atomic E-state index is 0.110. The van der Waals surface area contributed by atoms with Gasteiger partial charge in [-0.2, -0.15) is 0 Å². The molecule has 0 fully saturated rings. The SMILES string of the molecule is O=C(Cc1cccs1)N[C@@H]1CCCc2c1[nH]c1ccccc21. The maximum atomic E-state index is 12.3. The number of aromatic amines is 1. The van der Waals surface area contributed by atoms with Crippen LogP contribution >= 0.6 is 11.3 Å². The van der Waals surface area contributed by atoms with Crippen LogP contribution in [0.15, 0.2) is 41.8 Å². The molecular weight excluding hydrogens is 292 g/mol. The second-order valence-corrected chi connectivity index (χ2v) is 6.86. The molecule has 0 radical (unpaired) electrons. The Balaban J connectivity index is 1.58. The van der Waals surface area contributed by atoms with Crippen LogP contribution in [0.2, 0.25) is 0 Å². The maximum Gasteiger partial charge on any atom is 0.225 e. The number of nitrogens with one attached hydrogen (secondary N) is 2. The van der Waals surface area contributed by atoms with E-state index in [2.05, 4.69) is 34.6 Å². The summed E-state index contributed by atoms with van der Waals surface area (Å²) < 4.78 is 0. The van der Waals surface area contributed by atoms with Crippen molar-refractivity contribution in [1.82, 2.24) is 10.3 Å². The number of hydrogen-bond acceptors (Lipinski definition) is 2. The number of para-hydroxylation sites is 1. The second kappa shape index (κ2) is 5.61. The number of fused-ring (bicyclic) bond motifs is 3. The molecule has 4 heteroatoms. The standard InChI is InChI=1S/C18H18N2OS/c21-17(11-12-5-4-10-22-12)19-16-9-3-7-14-13-6-1-2-8-15(13)20-18(14)16/h1-2,4-6,8,10,16,20H,3,7,9,11H2,(H,19,21)/t16-/m1/s1. The van der Waals surface area contributed by atoms with Gasteiger partial charge in [0.2, 0.25) is 5.91 Å². The predicted octanol–water partition coefficient (Wildman–Crippen LogP) is 3.97. The van der Waals surface area contributed by atoms with Crippen molar-refractivity contribution >= 4 is 28.1 Å². The van der Waals surface area contributed by atoms with Crippen molar-refractivity contribution in [1.29, 1.82) is 0 Å². The normalized spacial score (nSPS) is 17.4. The highest BCUT2D eigenvalue weighted by Gasteiger charge is 2.25. The van der Waals surface area contributed by atoms with Crippen molar-refractivity contribution in [2.75, 3.05) is 0 Å². The highest BCUT2D eigenvalue weighted by Crippen LogP contribution is 2.34. The lowest BCUT2D eigenvalue weighted by Crippen LogP contribution is -2.32. The molecule has 3 aromatic rings.